The monoisotopic (exact) mass is 258 g/mol. The van der Waals surface area contributed by atoms with Crippen LogP contribution in [-0.2, 0) is 4.79 Å². The molecule has 0 aromatic heterocycles. The third-order valence-electron chi connectivity index (χ3n) is 3.15. The van der Waals surface area contributed by atoms with E-state index < -0.39 is 12.1 Å². The number of carbonyl (C=O) groups excluding carboxylic acids is 1. The van der Waals surface area contributed by atoms with Crippen LogP contribution >= 0.6 is 0 Å². The summed E-state index contributed by atoms with van der Waals surface area (Å²) in [5, 5.41) is 0. The van der Waals surface area contributed by atoms with Gasteiger partial charge in [-0.1, -0.05) is 31.0 Å². The normalized spacial score (nSPS) is 16.8. The number of carbonyl (C=O) groups is 1. The Labute approximate surface area is 103 Å². The highest BCUT2D eigenvalue weighted by Crippen LogP contribution is 2.39. The number of para-hydroxylation sites is 1. The zero-order valence-corrected chi connectivity index (χ0v) is 9.67. The first-order chi connectivity index (χ1) is 8.48. The summed E-state index contributed by atoms with van der Waals surface area (Å²) in [6.45, 7) is 0. The Morgan fingerprint density at radius 2 is 1.78 bits per heavy atom. The lowest BCUT2D eigenvalue weighted by Gasteiger charge is -2.15. The van der Waals surface area contributed by atoms with Gasteiger partial charge >= 0.3 is 12.1 Å². The molecule has 1 aromatic rings. The molecule has 0 amide bonds. The van der Waals surface area contributed by atoms with E-state index in [1.165, 1.54) is 6.07 Å². The molecule has 0 N–H and O–H groups in total. The molecule has 5 heteroatoms. The number of rotatable bonds is 2. The summed E-state index contributed by atoms with van der Waals surface area (Å²) in [6, 6.07) is 6.46. The van der Waals surface area contributed by atoms with Gasteiger partial charge in [-0.2, -0.15) is 13.2 Å². The topological polar surface area (TPSA) is 26.3 Å². The van der Waals surface area contributed by atoms with E-state index >= 15 is 0 Å². The van der Waals surface area contributed by atoms with Gasteiger partial charge in [0.05, 0.1) is 0 Å². The van der Waals surface area contributed by atoms with Crippen LogP contribution in [0.1, 0.15) is 37.2 Å². The molecule has 2 rings (SSSR count). The Balaban J connectivity index is 2.20. The molecule has 1 aromatic carbocycles. The third-order valence-corrected chi connectivity index (χ3v) is 3.15. The van der Waals surface area contributed by atoms with Gasteiger partial charge in [-0.25, -0.2) is 4.79 Å². The van der Waals surface area contributed by atoms with Crippen LogP contribution in [0.15, 0.2) is 24.3 Å². The van der Waals surface area contributed by atoms with Crippen LogP contribution in [0.25, 0.3) is 0 Å². The van der Waals surface area contributed by atoms with Gasteiger partial charge in [0, 0.05) is 0 Å². The quantitative estimate of drug-likeness (QED) is 0.595. The first-order valence-electron chi connectivity index (χ1n) is 5.86. The van der Waals surface area contributed by atoms with Gasteiger partial charge in [0.25, 0.3) is 0 Å². The molecular weight excluding hydrogens is 245 g/mol. The van der Waals surface area contributed by atoms with Gasteiger partial charge in [-0.15, -0.1) is 0 Å². The van der Waals surface area contributed by atoms with Crippen molar-refractivity contribution in [3.8, 4) is 5.75 Å². The Hall–Kier alpha value is -1.52. The number of ether oxygens (including phenoxy) is 1. The highest BCUT2D eigenvalue weighted by atomic mass is 19.4. The van der Waals surface area contributed by atoms with Crippen LogP contribution in [0.5, 0.6) is 5.75 Å². The molecule has 0 saturated heterocycles. The first kappa shape index (κ1) is 12.9. The van der Waals surface area contributed by atoms with E-state index in [1.807, 2.05) is 0 Å². The fourth-order valence-corrected chi connectivity index (χ4v) is 2.31. The molecule has 98 valence electrons. The maximum Gasteiger partial charge on any atom is 0.491 e. The Morgan fingerprint density at radius 3 is 2.39 bits per heavy atom. The molecule has 2 nitrogen and oxygen atoms in total. The van der Waals surface area contributed by atoms with Gasteiger partial charge in [-0.3, -0.25) is 0 Å². The minimum Gasteiger partial charge on any atom is -0.420 e. The lowest BCUT2D eigenvalue weighted by Crippen LogP contribution is -2.28. The highest BCUT2D eigenvalue weighted by molar-refractivity contribution is 5.78. The van der Waals surface area contributed by atoms with Gasteiger partial charge in [0.2, 0.25) is 0 Å². The molecular formula is C13H13F3O2. The average molecular weight is 258 g/mol. The van der Waals surface area contributed by atoms with E-state index in [-0.39, 0.29) is 11.7 Å². The second-order valence-electron chi connectivity index (χ2n) is 4.41. The Morgan fingerprint density at radius 1 is 1.17 bits per heavy atom. The van der Waals surface area contributed by atoms with Crippen LogP contribution in [0.2, 0.25) is 0 Å². The fourth-order valence-electron chi connectivity index (χ4n) is 2.31. The van der Waals surface area contributed by atoms with Gasteiger partial charge < -0.3 is 4.74 Å². The van der Waals surface area contributed by atoms with Gasteiger partial charge in [0.15, 0.2) is 0 Å². The molecule has 0 unspecified atom stereocenters. The maximum atomic E-state index is 12.2. The minimum absolute atomic E-state index is 0.0340. The molecule has 18 heavy (non-hydrogen) atoms. The Kier molecular flexibility index (Phi) is 3.59. The van der Waals surface area contributed by atoms with E-state index in [0.717, 1.165) is 25.7 Å². The van der Waals surface area contributed by atoms with Crippen LogP contribution in [0.4, 0.5) is 13.2 Å². The molecule has 1 aliphatic carbocycles. The van der Waals surface area contributed by atoms with Crippen molar-refractivity contribution in [1.82, 2.24) is 0 Å². The summed E-state index contributed by atoms with van der Waals surface area (Å²) in [6.07, 6.45) is -0.970. The van der Waals surface area contributed by atoms with Crippen molar-refractivity contribution in [3.63, 3.8) is 0 Å². The molecule has 0 bridgehead atoms. The van der Waals surface area contributed by atoms with Crippen LogP contribution in [0, 0.1) is 0 Å². The molecule has 1 aliphatic rings. The number of benzene rings is 1. The van der Waals surface area contributed by atoms with E-state index in [0.29, 0.717) is 5.56 Å². The summed E-state index contributed by atoms with van der Waals surface area (Å²) in [7, 11) is 0. The molecule has 0 spiro atoms. The third kappa shape index (κ3) is 2.83. The SMILES string of the molecule is O=C(Oc1ccccc1C1CCCC1)C(F)(F)F. The van der Waals surface area contributed by atoms with Crippen molar-refractivity contribution in [3.05, 3.63) is 29.8 Å². The second-order valence-corrected chi connectivity index (χ2v) is 4.41. The lowest BCUT2D eigenvalue weighted by atomic mass is 9.97. The van der Waals surface area contributed by atoms with E-state index in [9.17, 15) is 18.0 Å². The standard InChI is InChI=1S/C13H13F3O2/c14-13(15,16)12(17)18-11-8-4-3-7-10(11)9-5-1-2-6-9/h3-4,7-9H,1-2,5-6H2. The number of hydrogen-bond acceptors (Lipinski definition) is 2. The molecule has 0 radical (unpaired) electrons. The number of alkyl halides is 3. The molecule has 0 aliphatic heterocycles. The van der Waals surface area contributed by atoms with Crippen molar-refractivity contribution in [2.45, 2.75) is 37.8 Å². The average Bonchev–Trinajstić information content (AvgIpc) is 2.82. The lowest BCUT2D eigenvalue weighted by molar-refractivity contribution is -0.189. The smallest absolute Gasteiger partial charge is 0.420 e. The Bertz CT molecular complexity index is 434. The predicted molar refractivity (Wildman–Crippen MR) is 59.3 cm³/mol. The van der Waals surface area contributed by atoms with E-state index in [1.54, 1.807) is 18.2 Å². The van der Waals surface area contributed by atoms with E-state index in [4.69, 9.17) is 0 Å². The molecule has 0 atom stereocenters. The van der Waals surface area contributed by atoms with Crippen LogP contribution < -0.4 is 4.74 Å². The summed E-state index contributed by atoms with van der Waals surface area (Å²) in [5.41, 5.74) is 0.701. The molecule has 0 heterocycles. The minimum atomic E-state index is -4.96. The molecule has 1 fully saturated rings. The van der Waals surface area contributed by atoms with Crippen molar-refractivity contribution < 1.29 is 22.7 Å². The van der Waals surface area contributed by atoms with Gasteiger partial charge in [0.1, 0.15) is 5.75 Å². The summed E-state index contributed by atoms with van der Waals surface area (Å²) in [5.74, 6) is -1.93. The van der Waals surface area contributed by atoms with Crippen molar-refractivity contribution in [2.75, 3.05) is 0 Å². The first-order valence-corrected chi connectivity index (χ1v) is 5.86. The zero-order valence-electron chi connectivity index (χ0n) is 9.67. The largest absolute Gasteiger partial charge is 0.491 e. The highest BCUT2D eigenvalue weighted by Gasteiger charge is 2.41. The maximum absolute atomic E-state index is 12.2. The van der Waals surface area contributed by atoms with Crippen LogP contribution in [0.3, 0.4) is 0 Å². The van der Waals surface area contributed by atoms with Gasteiger partial charge in [-0.05, 0) is 30.4 Å². The molecule has 1 saturated carbocycles. The predicted octanol–water partition coefficient (Wildman–Crippen LogP) is 3.81. The van der Waals surface area contributed by atoms with Crippen molar-refractivity contribution in [2.24, 2.45) is 0 Å². The number of esters is 1. The fraction of sp³-hybridized carbons (Fsp3) is 0.462. The number of halogens is 3. The van der Waals surface area contributed by atoms with Crippen LogP contribution in [-0.4, -0.2) is 12.1 Å². The van der Waals surface area contributed by atoms with Crippen molar-refractivity contribution in [1.29, 1.82) is 0 Å². The summed E-state index contributed by atoms with van der Waals surface area (Å²) < 4.78 is 41.0. The number of hydrogen-bond donors (Lipinski definition) is 0. The summed E-state index contributed by atoms with van der Waals surface area (Å²) >= 11 is 0. The summed E-state index contributed by atoms with van der Waals surface area (Å²) in [4.78, 5) is 10.9. The second kappa shape index (κ2) is 5.00. The zero-order chi connectivity index (χ0) is 13.2. The van der Waals surface area contributed by atoms with E-state index in [2.05, 4.69) is 4.74 Å². The van der Waals surface area contributed by atoms with Crippen molar-refractivity contribution >= 4 is 5.97 Å².